The summed E-state index contributed by atoms with van der Waals surface area (Å²) in [6.45, 7) is 2.15. The first-order chi connectivity index (χ1) is 9.70. The molecule has 2 aromatic carbocycles. The first-order valence-corrected chi connectivity index (χ1v) is 8.22. The highest BCUT2D eigenvalue weighted by Crippen LogP contribution is 2.35. The lowest BCUT2D eigenvalue weighted by Gasteiger charge is -2.17. The van der Waals surface area contributed by atoms with E-state index >= 15 is 0 Å². The summed E-state index contributed by atoms with van der Waals surface area (Å²) in [5.74, 6) is 0. The van der Waals surface area contributed by atoms with Crippen molar-refractivity contribution in [2.45, 2.75) is 13.0 Å². The Balaban J connectivity index is 2.16. The zero-order chi connectivity index (χ0) is 14.1. The predicted molar refractivity (Wildman–Crippen MR) is 91.6 cm³/mol. The molecular weight excluding hydrogens is 330 g/mol. The van der Waals surface area contributed by atoms with Crippen LogP contribution in [-0.4, -0.2) is 7.05 Å². The van der Waals surface area contributed by atoms with Crippen molar-refractivity contribution in [3.8, 4) is 0 Å². The van der Waals surface area contributed by atoms with E-state index in [0.717, 1.165) is 0 Å². The quantitative estimate of drug-likeness (QED) is 0.680. The van der Waals surface area contributed by atoms with Crippen LogP contribution in [0.2, 0.25) is 0 Å². The predicted octanol–water partition coefficient (Wildman–Crippen LogP) is 5.28. The summed E-state index contributed by atoms with van der Waals surface area (Å²) in [5.41, 5.74) is 1.33. The second-order valence-corrected chi connectivity index (χ2v) is 6.99. The van der Waals surface area contributed by atoms with E-state index in [-0.39, 0.29) is 6.04 Å². The number of halogens is 1. The lowest BCUT2D eigenvalue weighted by atomic mass is 9.98. The fourth-order valence-corrected chi connectivity index (χ4v) is 4.27. The molecule has 0 aliphatic heterocycles. The molecule has 3 rings (SSSR count). The second kappa shape index (κ2) is 5.68. The largest absolute Gasteiger partial charge is 0.309 e. The number of hydrogen-bond acceptors (Lipinski definition) is 2. The van der Waals surface area contributed by atoms with Gasteiger partial charge in [-0.25, -0.2) is 0 Å². The summed E-state index contributed by atoms with van der Waals surface area (Å²) in [4.78, 5) is 2.66. The highest BCUT2D eigenvalue weighted by Gasteiger charge is 2.17. The minimum atomic E-state index is 0.232. The van der Waals surface area contributed by atoms with Crippen molar-refractivity contribution in [3.05, 3.63) is 68.3 Å². The number of fused-ring (bicyclic) bond motifs is 1. The van der Waals surface area contributed by atoms with Gasteiger partial charge in [-0.15, -0.1) is 11.3 Å². The summed E-state index contributed by atoms with van der Waals surface area (Å²) >= 11 is 5.46. The number of thiophene rings is 1. The Hall–Kier alpha value is -1.16. The van der Waals surface area contributed by atoms with Crippen molar-refractivity contribution in [2.75, 3.05) is 7.05 Å². The molecular formula is C17H16BrNS. The molecule has 0 aliphatic carbocycles. The van der Waals surface area contributed by atoms with E-state index in [1.165, 1.54) is 30.6 Å². The number of rotatable bonds is 3. The van der Waals surface area contributed by atoms with Gasteiger partial charge >= 0.3 is 0 Å². The van der Waals surface area contributed by atoms with Gasteiger partial charge < -0.3 is 5.32 Å². The molecule has 0 saturated heterocycles. The van der Waals surface area contributed by atoms with Crippen molar-refractivity contribution in [1.29, 1.82) is 0 Å². The molecule has 0 saturated carbocycles. The first-order valence-electron chi connectivity index (χ1n) is 6.61. The normalized spacial score (nSPS) is 12.8. The van der Waals surface area contributed by atoms with Crippen molar-refractivity contribution >= 4 is 38.0 Å². The Labute approximate surface area is 131 Å². The Kier molecular flexibility index (Phi) is 3.92. The molecule has 1 unspecified atom stereocenters. The maximum Gasteiger partial charge on any atom is 0.0675 e. The van der Waals surface area contributed by atoms with Crippen molar-refractivity contribution < 1.29 is 0 Å². The van der Waals surface area contributed by atoms with Crippen LogP contribution in [0.25, 0.3) is 10.8 Å². The summed E-state index contributed by atoms with van der Waals surface area (Å²) < 4.78 is 1.19. The summed E-state index contributed by atoms with van der Waals surface area (Å²) in [6, 6.07) is 17.5. The van der Waals surface area contributed by atoms with Gasteiger partial charge in [0, 0.05) is 14.2 Å². The topological polar surface area (TPSA) is 12.0 Å². The van der Waals surface area contributed by atoms with E-state index in [1.807, 2.05) is 18.4 Å². The highest BCUT2D eigenvalue weighted by molar-refractivity contribution is 9.10. The highest BCUT2D eigenvalue weighted by atomic mass is 79.9. The molecule has 0 fully saturated rings. The van der Waals surface area contributed by atoms with E-state index in [2.05, 4.69) is 76.7 Å². The van der Waals surface area contributed by atoms with Crippen LogP contribution in [0, 0.1) is 6.92 Å². The first kappa shape index (κ1) is 13.8. The standard InChI is InChI=1S/C17H16BrNS/c1-11-15(18)10-16(20-11)17(19-2)14-9-5-7-12-6-3-4-8-13(12)14/h3-10,17,19H,1-2H3. The molecule has 0 aliphatic rings. The molecule has 102 valence electrons. The Morgan fingerprint density at radius 3 is 2.55 bits per heavy atom. The van der Waals surface area contributed by atoms with E-state index < -0.39 is 0 Å². The molecule has 1 atom stereocenters. The van der Waals surface area contributed by atoms with Gasteiger partial charge in [-0.05, 0) is 52.3 Å². The van der Waals surface area contributed by atoms with E-state index in [1.54, 1.807) is 0 Å². The van der Waals surface area contributed by atoms with Crippen LogP contribution < -0.4 is 5.32 Å². The molecule has 1 heterocycles. The van der Waals surface area contributed by atoms with Crippen molar-refractivity contribution in [1.82, 2.24) is 5.32 Å². The Bertz CT molecular complexity index is 723. The molecule has 3 aromatic rings. The van der Waals surface area contributed by atoms with E-state index in [9.17, 15) is 0 Å². The minimum Gasteiger partial charge on any atom is -0.309 e. The second-order valence-electron chi connectivity index (χ2n) is 4.84. The average Bonchev–Trinajstić information content (AvgIpc) is 2.79. The Morgan fingerprint density at radius 1 is 1.10 bits per heavy atom. The molecule has 1 aromatic heterocycles. The van der Waals surface area contributed by atoms with Crippen LogP contribution >= 0.6 is 27.3 Å². The minimum absolute atomic E-state index is 0.232. The maximum atomic E-state index is 3.62. The van der Waals surface area contributed by atoms with Gasteiger partial charge in [0.05, 0.1) is 6.04 Å². The third-order valence-electron chi connectivity index (χ3n) is 3.58. The molecule has 1 N–H and O–H groups in total. The van der Waals surface area contributed by atoms with Gasteiger partial charge in [-0.3, -0.25) is 0 Å². The van der Waals surface area contributed by atoms with Gasteiger partial charge in [0.1, 0.15) is 0 Å². The lowest BCUT2D eigenvalue weighted by Crippen LogP contribution is -2.16. The smallest absolute Gasteiger partial charge is 0.0675 e. The van der Waals surface area contributed by atoms with E-state index in [0.29, 0.717) is 0 Å². The third-order valence-corrected chi connectivity index (χ3v) is 5.79. The number of benzene rings is 2. The number of nitrogens with one attached hydrogen (secondary N) is 1. The van der Waals surface area contributed by atoms with Gasteiger partial charge in [-0.2, -0.15) is 0 Å². The zero-order valence-electron chi connectivity index (χ0n) is 11.5. The van der Waals surface area contributed by atoms with Crippen LogP contribution in [0.1, 0.15) is 21.4 Å². The SMILES string of the molecule is CNC(c1cc(Br)c(C)s1)c1cccc2ccccc12. The molecule has 0 spiro atoms. The van der Waals surface area contributed by atoms with Gasteiger partial charge in [0.2, 0.25) is 0 Å². The fraction of sp³-hybridized carbons (Fsp3) is 0.176. The van der Waals surface area contributed by atoms with Crippen molar-refractivity contribution in [3.63, 3.8) is 0 Å². The van der Waals surface area contributed by atoms with Crippen LogP contribution in [-0.2, 0) is 0 Å². The van der Waals surface area contributed by atoms with Gasteiger partial charge in [0.25, 0.3) is 0 Å². The number of hydrogen-bond donors (Lipinski definition) is 1. The summed E-state index contributed by atoms with van der Waals surface area (Å²) in [5, 5.41) is 6.06. The van der Waals surface area contributed by atoms with Crippen LogP contribution in [0.5, 0.6) is 0 Å². The Morgan fingerprint density at radius 2 is 1.85 bits per heavy atom. The van der Waals surface area contributed by atoms with Crippen molar-refractivity contribution in [2.24, 2.45) is 0 Å². The lowest BCUT2D eigenvalue weighted by molar-refractivity contribution is 0.709. The molecule has 0 bridgehead atoms. The van der Waals surface area contributed by atoms with Gasteiger partial charge in [-0.1, -0.05) is 42.5 Å². The average molecular weight is 346 g/mol. The monoisotopic (exact) mass is 345 g/mol. The fourth-order valence-electron chi connectivity index (χ4n) is 2.58. The zero-order valence-corrected chi connectivity index (χ0v) is 13.9. The third kappa shape index (κ3) is 2.41. The molecule has 3 heteroatoms. The van der Waals surface area contributed by atoms with Crippen LogP contribution in [0.3, 0.4) is 0 Å². The van der Waals surface area contributed by atoms with Crippen LogP contribution in [0.4, 0.5) is 0 Å². The molecule has 0 radical (unpaired) electrons. The molecule has 0 amide bonds. The van der Waals surface area contributed by atoms with Crippen LogP contribution in [0.15, 0.2) is 53.0 Å². The van der Waals surface area contributed by atoms with Gasteiger partial charge in [0.15, 0.2) is 0 Å². The summed E-state index contributed by atoms with van der Waals surface area (Å²) in [7, 11) is 2.02. The van der Waals surface area contributed by atoms with E-state index in [4.69, 9.17) is 0 Å². The summed E-state index contributed by atoms with van der Waals surface area (Å²) in [6.07, 6.45) is 0. The maximum absolute atomic E-state index is 3.62. The molecule has 1 nitrogen and oxygen atoms in total. The number of aryl methyl sites for hydroxylation is 1. The molecule has 20 heavy (non-hydrogen) atoms.